The van der Waals surface area contributed by atoms with Gasteiger partial charge in [-0.2, -0.15) is 16.8 Å². The molecule has 12 heteroatoms. The van der Waals surface area contributed by atoms with Gasteiger partial charge in [-0.3, -0.25) is 0 Å². The predicted octanol–water partition coefficient (Wildman–Crippen LogP) is 0.207. The van der Waals surface area contributed by atoms with Gasteiger partial charge >= 0.3 is 32.7 Å². The Morgan fingerprint density at radius 2 is 0.958 bits per heavy atom. The van der Waals surface area contributed by atoms with Gasteiger partial charge in [-0.25, -0.2) is 0 Å². The van der Waals surface area contributed by atoms with Crippen molar-refractivity contribution < 1.29 is 25.2 Å². The first-order chi connectivity index (χ1) is 11.3. The van der Waals surface area contributed by atoms with Crippen molar-refractivity contribution >= 4 is 32.7 Å². The maximum atomic E-state index is 12.1. The smallest absolute Gasteiger partial charge is 0.327 e. The molecule has 24 heavy (non-hydrogen) atoms. The minimum atomic E-state index is -4.41. The number of likely N-dealkylation sites (tertiary alicyclic amines) is 2. The number of amidine groups is 2. The Labute approximate surface area is 141 Å². The second-order valence-corrected chi connectivity index (χ2v) is 8.27. The third-order valence-corrected chi connectivity index (χ3v) is 5.47. The van der Waals surface area contributed by atoms with Crippen LogP contribution in [0.15, 0.2) is 8.80 Å². The van der Waals surface area contributed by atoms with Crippen LogP contribution in [0, 0.1) is 0 Å². The maximum Gasteiger partial charge on any atom is 0.435 e. The van der Waals surface area contributed by atoms with Crippen LogP contribution < -0.4 is 0 Å². The molecule has 0 spiro atoms. The summed E-state index contributed by atoms with van der Waals surface area (Å²) in [6, 6.07) is -1.01. The van der Waals surface area contributed by atoms with E-state index in [9.17, 15) is 16.8 Å². The molecule has 2 saturated heterocycles. The van der Waals surface area contributed by atoms with E-state index in [0.717, 1.165) is 38.5 Å². The minimum absolute atomic E-state index is 0.465. The Morgan fingerprint density at radius 1 is 0.625 bits per heavy atom. The highest BCUT2D eigenvalue weighted by Gasteiger charge is 2.33. The molecule has 3 heterocycles. The molecule has 10 nitrogen and oxygen atoms in total. The maximum absolute atomic E-state index is 12.1. The molecule has 2 fully saturated rings. The summed E-state index contributed by atoms with van der Waals surface area (Å²) in [5.74, 6) is 0. The van der Waals surface area contributed by atoms with Gasteiger partial charge in [-0.1, -0.05) is 8.80 Å². The fraction of sp³-hybridized carbons (Fsp3) is 0.833. The quantitative estimate of drug-likeness (QED) is 0.585. The summed E-state index contributed by atoms with van der Waals surface area (Å²) in [6.45, 7) is 1.86. The van der Waals surface area contributed by atoms with Crippen LogP contribution in [-0.2, 0) is 29.0 Å². The molecule has 136 valence electrons. The van der Waals surface area contributed by atoms with Gasteiger partial charge in [0.05, 0.1) is 0 Å². The third-order valence-electron chi connectivity index (χ3n) is 3.99. The highest BCUT2D eigenvalue weighted by molar-refractivity contribution is 7.87. The van der Waals surface area contributed by atoms with E-state index in [1.54, 1.807) is 0 Å². The van der Waals surface area contributed by atoms with Gasteiger partial charge in [-0.05, 0) is 38.5 Å². The lowest BCUT2D eigenvalue weighted by molar-refractivity contribution is 0.281. The topological polar surface area (TPSA) is 118 Å². The standard InChI is InChI=1S/C12H20N4O6S2/c17-23(18)13-11(15-7-3-1-4-8-15)21-24(19,20)14-12(22-23)16-9-5-2-6-10-16/h1-10H2/b13-11-,14-12-. The van der Waals surface area contributed by atoms with Crippen molar-refractivity contribution in [1.29, 1.82) is 0 Å². The molecule has 3 aliphatic rings. The summed E-state index contributed by atoms with van der Waals surface area (Å²) in [5.41, 5.74) is 0. The molecular formula is C12H20N4O6S2. The molecule has 0 aromatic rings. The zero-order valence-corrected chi connectivity index (χ0v) is 14.8. The molecule has 3 rings (SSSR count). The van der Waals surface area contributed by atoms with Crippen molar-refractivity contribution in [2.75, 3.05) is 26.2 Å². The molecule has 3 aliphatic heterocycles. The fourth-order valence-electron chi connectivity index (χ4n) is 2.84. The lowest BCUT2D eigenvalue weighted by atomic mass is 10.1. The number of piperidine rings is 2. The van der Waals surface area contributed by atoms with Crippen LogP contribution in [0.1, 0.15) is 38.5 Å². The summed E-state index contributed by atoms with van der Waals surface area (Å²) in [6.07, 6.45) is 5.16. The van der Waals surface area contributed by atoms with Crippen LogP contribution in [0.5, 0.6) is 0 Å². The lowest BCUT2D eigenvalue weighted by Crippen LogP contribution is -2.42. The molecule has 0 N–H and O–H groups in total. The van der Waals surface area contributed by atoms with Gasteiger partial charge in [0.25, 0.3) is 0 Å². The molecule has 0 aromatic carbocycles. The highest BCUT2D eigenvalue weighted by atomic mass is 32.2. The number of nitrogens with zero attached hydrogens (tertiary/aromatic N) is 4. The summed E-state index contributed by atoms with van der Waals surface area (Å²) >= 11 is 0. The molecule has 0 aliphatic carbocycles. The molecule has 0 atom stereocenters. The van der Waals surface area contributed by atoms with Gasteiger partial charge in [0.15, 0.2) is 0 Å². The monoisotopic (exact) mass is 380 g/mol. The molecule has 0 saturated carbocycles. The zero-order chi connectivity index (χ0) is 17.2. The van der Waals surface area contributed by atoms with E-state index in [2.05, 4.69) is 8.80 Å². The van der Waals surface area contributed by atoms with E-state index in [1.165, 1.54) is 9.80 Å². The molecular weight excluding hydrogens is 360 g/mol. The van der Waals surface area contributed by atoms with Crippen molar-refractivity contribution in [3.8, 4) is 0 Å². The largest absolute Gasteiger partial charge is 0.435 e. The van der Waals surface area contributed by atoms with Crippen molar-refractivity contribution in [1.82, 2.24) is 9.80 Å². The van der Waals surface area contributed by atoms with E-state index < -0.39 is 32.7 Å². The highest BCUT2D eigenvalue weighted by Crippen LogP contribution is 2.18. The van der Waals surface area contributed by atoms with Crippen molar-refractivity contribution in [2.45, 2.75) is 38.5 Å². The van der Waals surface area contributed by atoms with Crippen LogP contribution in [0.2, 0.25) is 0 Å². The Hall–Kier alpha value is -1.56. The first kappa shape index (κ1) is 17.3. The van der Waals surface area contributed by atoms with Crippen molar-refractivity contribution in [3.63, 3.8) is 0 Å². The first-order valence-corrected chi connectivity index (χ1v) is 10.7. The van der Waals surface area contributed by atoms with E-state index in [-0.39, 0.29) is 0 Å². The predicted molar refractivity (Wildman–Crippen MR) is 85.7 cm³/mol. The van der Waals surface area contributed by atoms with Gasteiger partial charge < -0.3 is 18.2 Å². The summed E-state index contributed by atoms with van der Waals surface area (Å²) in [5, 5.41) is 0. The Bertz CT molecular complexity index is 670. The van der Waals surface area contributed by atoms with E-state index in [0.29, 0.717) is 26.2 Å². The Morgan fingerprint density at radius 3 is 1.29 bits per heavy atom. The van der Waals surface area contributed by atoms with E-state index in [1.807, 2.05) is 0 Å². The van der Waals surface area contributed by atoms with E-state index >= 15 is 0 Å². The summed E-state index contributed by atoms with van der Waals surface area (Å²) in [7, 11) is -8.81. The van der Waals surface area contributed by atoms with Crippen LogP contribution in [0.4, 0.5) is 0 Å². The Balaban J connectivity index is 1.90. The van der Waals surface area contributed by atoms with Gasteiger partial charge in [-0.15, -0.1) is 0 Å². The lowest BCUT2D eigenvalue weighted by Gasteiger charge is -2.30. The van der Waals surface area contributed by atoms with Gasteiger partial charge in [0.2, 0.25) is 0 Å². The van der Waals surface area contributed by atoms with E-state index in [4.69, 9.17) is 8.37 Å². The van der Waals surface area contributed by atoms with Crippen LogP contribution >= 0.6 is 0 Å². The third kappa shape index (κ3) is 4.29. The SMILES string of the molecule is O=S1(=O)/N=C(/N2CCCCC2)OS(=O)(=O)/N=C(/N2CCCCC2)O1. The minimum Gasteiger partial charge on any atom is -0.327 e. The number of hydrogen-bond acceptors (Lipinski definition) is 8. The van der Waals surface area contributed by atoms with Crippen LogP contribution in [0.25, 0.3) is 0 Å². The molecule has 0 unspecified atom stereocenters. The molecule has 0 aromatic heterocycles. The van der Waals surface area contributed by atoms with Crippen molar-refractivity contribution in [3.05, 3.63) is 0 Å². The number of rotatable bonds is 0. The second-order valence-electron chi connectivity index (χ2n) is 5.87. The average Bonchev–Trinajstić information content (AvgIpc) is 2.53. The normalized spacial score (nSPS) is 31.3. The van der Waals surface area contributed by atoms with Crippen LogP contribution in [-0.4, -0.2) is 64.9 Å². The zero-order valence-electron chi connectivity index (χ0n) is 13.1. The average molecular weight is 380 g/mol. The second kappa shape index (κ2) is 6.75. The van der Waals surface area contributed by atoms with Crippen molar-refractivity contribution in [2.24, 2.45) is 8.80 Å². The fourth-order valence-corrected chi connectivity index (χ4v) is 4.36. The molecule has 0 radical (unpaired) electrons. The first-order valence-electron chi connectivity index (χ1n) is 7.93. The number of hydrogen-bond donors (Lipinski definition) is 0. The summed E-state index contributed by atoms with van der Waals surface area (Å²) < 4.78 is 65.0. The van der Waals surface area contributed by atoms with Crippen LogP contribution in [0.3, 0.4) is 0 Å². The summed E-state index contributed by atoms with van der Waals surface area (Å²) in [4.78, 5) is 2.95. The van der Waals surface area contributed by atoms with Gasteiger partial charge in [0.1, 0.15) is 0 Å². The Kier molecular flexibility index (Phi) is 4.85. The van der Waals surface area contributed by atoms with Gasteiger partial charge in [0, 0.05) is 26.2 Å². The molecule has 0 bridgehead atoms. The molecule has 0 amide bonds.